The molecule has 0 aromatic heterocycles. The van der Waals surface area contributed by atoms with Gasteiger partial charge < -0.3 is 19.8 Å². The Morgan fingerprint density at radius 3 is 2.62 bits per heavy atom. The first-order chi connectivity index (χ1) is 9.97. The predicted octanol–water partition coefficient (Wildman–Crippen LogP) is 1.24. The van der Waals surface area contributed by atoms with Gasteiger partial charge in [0.2, 0.25) is 0 Å². The maximum atomic E-state index is 13.2. The minimum absolute atomic E-state index is 0.0695. The van der Waals surface area contributed by atoms with Crippen molar-refractivity contribution in [2.24, 2.45) is 0 Å². The molecule has 1 heterocycles. The molecular formula is C14H16FNO5. The Balaban J connectivity index is 1.94. The number of phenolic OH excluding ortho intramolecular Hbond substituents is 1. The van der Waals surface area contributed by atoms with Crippen molar-refractivity contribution < 1.29 is 28.9 Å². The normalized spacial score (nSPS) is 16.0. The zero-order valence-electron chi connectivity index (χ0n) is 11.3. The fourth-order valence-corrected chi connectivity index (χ4v) is 2.26. The molecule has 1 aromatic rings. The molecule has 1 aliphatic heterocycles. The average molecular weight is 297 g/mol. The van der Waals surface area contributed by atoms with Crippen LogP contribution in [0.4, 0.5) is 4.39 Å². The molecule has 1 amide bonds. The van der Waals surface area contributed by atoms with Gasteiger partial charge in [-0.05, 0) is 31.0 Å². The van der Waals surface area contributed by atoms with Crippen LogP contribution in [0.1, 0.15) is 23.2 Å². The molecule has 114 valence electrons. The highest BCUT2D eigenvalue weighted by molar-refractivity contribution is 5.96. The number of phenols is 1. The topological polar surface area (TPSA) is 87.1 Å². The van der Waals surface area contributed by atoms with E-state index < -0.39 is 17.7 Å². The number of nitrogens with zero attached hydrogens (tertiary/aromatic N) is 1. The Kier molecular flexibility index (Phi) is 4.74. The molecule has 0 radical (unpaired) electrons. The number of carboxylic acid groups (broad SMARTS) is 1. The molecule has 1 aromatic carbocycles. The van der Waals surface area contributed by atoms with Gasteiger partial charge in [-0.15, -0.1) is 0 Å². The monoisotopic (exact) mass is 297 g/mol. The summed E-state index contributed by atoms with van der Waals surface area (Å²) in [6.45, 7) is 0.390. The fraction of sp³-hybridized carbons (Fsp3) is 0.429. The summed E-state index contributed by atoms with van der Waals surface area (Å²) in [5.74, 6) is -2.32. The number of aromatic hydroxyl groups is 1. The van der Waals surface area contributed by atoms with Gasteiger partial charge in [0.05, 0.1) is 11.7 Å². The number of rotatable bonds is 4. The van der Waals surface area contributed by atoms with E-state index in [2.05, 4.69) is 0 Å². The van der Waals surface area contributed by atoms with Crippen molar-refractivity contribution in [3.8, 4) is 5.75 Å². The van der Waals surface area contributed by atoms with E-state index in [4.69, 9.17) is 9.84 Å². The molecule has 7 heteroatoms. The third-order valence-electron chi connectivity index (χ3n) is 3.36. The lowest BCUT2D eigenvalue weighted by Crippen LogP contribution is -2.41. The summed E-state index contributed by atoms with van der Waals surface area (Å²) in [4.78, 5) is 24.1. The molecule has 6 nitrogen and oxygen atoms in total. The van der Waals surface area contributed by atoms with Crippen LogP contribution in [0, 0.1) is 5.82 Å². The van der Waals surface area contributed by atoms with Gasteiger partial charge in [0, 0.05) is 13.1 Å². The van der Waals surface area contributed by atoms with Gasteiger partial charge in [-0.1, -0.05) is 0 Å². The number of carbonyl (C=O) groups is 2. The first kappa shape index (κ1) is 15.2. The van der Waals surface area contributed by atoms with Gasteiger partial charge >= 0.3 is 5.97 Å². The summed E-state index contributed by atoms with van der Waals surface area (Å²) in [5, 5.41) is 18.2. The lowest BCUT2D eigenvalue weighted by Gasteiger charge is -2.31. The SMILES string of the molecule is O=C(O)COC1CCN(C(=O)c2cc(F)ccc2O)CC1. The number of aliphatic carboxylic acids is 1. The van der Waals surface area contributed by atoms with E-state index in [-0.39, 0.29) is 24.0 Å². The minimum Gasteiger partial charge on any atom is -0.507 e. The lowest BCUT2D eigenvalue weighted by atomic mass is 10.1. The molecular weight excluding hydrogens is 281 g/mol. The number of halogens is 1. The number of hydrogen-bond donors (Lipinski definition) is 2. The number of carboxylic acids is 1. The van der Waals surface area contributed by atoms with E-state index in [0.29, 0.717) is 25.9 Å². The maximum Gasteiger partial charge on any atom is 0.329 e. The minimum atomic E-state index is -1.03. The van der Waals surface area contributed by atoms with E-state index in [1.807, 2.05) is 0 Å². The third-order valence-corrected chi connectivity index (χ3v) is 3.36. The van der Waals surface area contributed by atoms with Crippen molar-refractivity contribution in [1.29, 1.82) is 0 Å². The Hall–Kier alpha value is -2.15. The van der Waals surface area contributed by atoms with Crippen LogP contribution in [0.5, 0.6) is 5.75 Å². The van der Waals surface area contributed by atoms with Crippen molar-refractivity contribution in [2.75, 3.05) is 19.7 Å². The Morgan fingerprint density at radius 2 is 2.00 bits per heavy atom. The van der Waals surface area contributed by atoms with Crippen LogP contribution in [0.15, 0.2) is 18.2 Å². The van der Waals surface area contributed by atoms with Crippen LogP contribution < -0.4 is 0 Å². The van der Waals surface area contributed by atoms with Crippen molar-refractivity contribution in [1.82, 2.24) is 4.90 Å². The van der Waals surface area contributed by atoms with Gasteiger partial charge in [-0.3, -0.25) is 4.79 Å². The van der Waals surface area contributed by atoms with Crippen LogP contribution in [0.3, 0.4) is 0 Å². The summed E-state index contributed by atoms with van der Waals surface area (Å²) >= 11 is 0. The molecule has 0 unspecified atom stereocenters. The molecule has 1 aliphatic rings. The zero-order valence-corrected chi connectivity index (χ0v) is 11.3. The molecule has 0 atom stereocenters. The molecule has 0 saturated carbocycles. The van der Waals surface area contributed by atoms with E-state index in [9.17, 15) is 19.1 Å². The second-order valence-electron chi connectivity index (χ2n) is 4.86. The molecule has 0 bridgehead atoms. The summed E-state index contributed by atoms with van der Waals surface area (Å²) < 4.78 is 18.3. The zero-order chi connectivity index (χ0) is 15.4. The first-order valence-electron chi connectivity index (χ1n) is 6.58. The first-order valence-corrected chi connectivity index (χ1v) is 6.58. The molecule has 0 aliphatic carbocycles. The standard InChI is InChI=1S/C14H16FNO5/c15-9-1-2-12(17)11(7-9)14(20)16-5-3-10(4-6-16)21-8-13(18)19/h1-2,7,10,17H,3-6,8H2,(H,18,19). The van der Waals surface area contributed by atoms with Crippen LogP contribution >= 0.6 is 0 Å². The van der Waals surface area contributed by atoms with Crippen LogP contribution in [-0.2, 0) is 9.53 Å². The van der Waals surface area contributed by atoms with Crippen molar-refractivity contribution in [2.45, 2.75) is 18.9 Å². The number of ether oxygens (including phenoxy) is 1. The van der Waals surface area contributed by atoms with Crippen LogP contribution in [-0.4, -0.2) is 52.8 Å². The van der Waals surface area contributed by atoms with E-state index in [0.717, 1.165) is 18.2 Å². The molecule has 2 rings (SSSR count). The number of likely N-dealkylation sites (tertiary alicyclic amines) is 1. The highest BCUT2D eigenvalue weighted by Gasteiger charge is 2.26. The maximum absolute atomic E-state index is 13.2. The van der Waals surface area contributed by atoms with Crippen molar-refractivity contribution in [3.63, 3.8) is 0 Å². The van der Waals surface area contributed by atoms with E-state index in [1.54, 1.807) is 0 Å². The fourth-order valence-electron chi connectivity index (χ4n) is 2.26. The number of amides is 1. The van der Waals surface area contributed by atoms with Crippen LogP contribution in [0.2, 0.25) is 0 Å². The van der Waals surface area contributed by atoms with Gasteiger partial charge in [0.25, 0.3) is 5.91 Å². The lowest BCUT2D eigenvalue weighted by molar-refractivity contribution is -0.145. The molecule has 0 spiro atoms. The third kappa shape index (κ3) is 3.91. The Bertz CT molecular complexity index is 540. The number of benzene rings is 1. The molecule has 1 fully saturated rings. The second-order valence-corrected chi connectivity index (χ2v) is 4.86. The number of piperidine rings is 1. The Morgan fingerprint density at radius 1 is 1.33 bits per heavy atom. The molecule has 2 N–H and O–H groups in total. The number of carbonyl (C=O) groups excluding carboxylic acids is 1. The average Bonchev–Trinajstić information content (AvgIpc) is 2.47. The largest absolute Gasteiger partial charge is 0.507 e. The highest BCUT2D eigenvalue weighted by atomic mass is 19.1. The number of hydrogen-bond acceptors (Lipinski definition) is 4. The highest BCUT2D eigenvalue weighted by Crippen LogP contribution is 2.22. The summed E-state index contributed by atoms with van der Waals surface area (Å²) in [5.41, 5.74) is -0.0695. The van der Waals surface area contributed by atoms with E-state index >= 15 is 0 Å². The molecule has 1 saturated heterocycles. The van der Waals surface area contributed by atoms with E-state index in [1.165, 1.54) is 4.90 Å². The summed E-state index contributed by atoms with van der Waals surface area (Å²) in [7, 11) is 0. The summed E-state index contributed by atoms with van der Waals surface area (Å²) in [6.07, 6.45) is 0.816. The quantitative estimate of drug-likeness (QED) is 0.873. The van der Waals surface area contributed by atoms with Gasteiger partial charge in [-0.25, -0.2) is 9.18 Å². The van der Waals surface area contributed by atoms with Gasteiger partial charge in [-0.2, -0.15) is 0 Å². The van der Waals surface area contributed by atoms with Gasteiger partial charge in [0.15, 0.2) is 0 Å². The van der Waals surface area contributed by atoms with Gasteiger partial charge in [0.1, 0.15) is 18.2 Å². The predicted molar refractivity (Wildman–Crippen MR) is 70.6 cm³/mol. The molecule has 21 heavy (non-hydrogen) atoms. The van der Waals surface area contributed by atoms with Crippen molar-refractivity contribution in [3.05, 3.63) is 29.6 Å². The summed E-state index contributed by atoms with van der Waals surface area (Å²) in [6, 6.07) is 3.23. The van der Waals surface area contributed by atoms with Crippen molar-refractivity contribution >= 4 is 11.9 Å². The second kappa shape index (κ2) is 6.53. The Labute approximate surface area is 120 Å². The van der Waals surface area contributed by atoms with Crippen LogP contribution in [0.25, 0.3) is 0 Å². The smallest absolute Gasteiger partial charge is 0.329 e.